The molecule has 8 heteroatoms. The summed E-state index contributed by atoms with van der Waals surface area (Å²) in [7, 11) is 1.27. The first-order valence-corrected chi connectivity index (χ1v) is 11.1. The number of hydrogen-bond donors (Lipinski definition) is 3. The van der Waals surface area contributed by atoms with Crippen LogP contribution in [-0.2, 0) is 27.3 Å². The van der Waals surface area contributed by atoms with Crippen LogP contribution in [-0.4, -0.2) is 36.1 Å². The molecular weight excluding hydrogens is 446 g/mol. The molecule has 3 N–H and O–H groups in total. The maximum Gasteiger partial charge on any atom is 0.411 e. The molecule has 0 radical (unpaired) electrons. The smallest absolute Gasteiger partial charge is 0.411 e. The van der Waals surface area contributed by atoms with Gasteiger partial charge in [-0.15, -0.1) is 0 Å². The van der Waals surface area contributed by atoms with Crippen LogP contribution in [0.2, 0.25) is 0 Å². The van der Waals surface area contributed by atoms with Gasteiger partial charge in [0.25, 0.3) is 5.91 Å². The number of amides is 2. The molecule has 8 nitrogen and oxygen atoms in total. The predicted molar refractivity (Wildman–Crippen MR) is 132 cm³/mol. The second kappa shape index (κ2) is 11.0. The summed E-state index contributed by atoms with van der Waals surface area (Å²) < 4.78 is 10.2. The van der Waals surface area contributed by atoms with Gasteiger partial charge in [-0.05, 0) is 29.3 Å². The Morgan fingerprint density at radius 1 is 0.914 bits per heavy atom. The maximum absolute atomic E-state index is 13.1. The molecular formula is C27H25N3O5. The third-order valence-electron chi connectivity index (χ3n) is 5.51. The Labute approximate surface area is 202 Å². The molecule has 0 aliphatic carbocycles. The maximum atomic E-state index is 13.1. The molecule has 4 aromatic rings. The van der Waals surface area contributed by atoms with E-state index in [2.05, 4.69) is 15.6 Å². The summed E-state index contributed by atoms with van der Waals surface area (Å²) in [5, 5.41) is 6.30. The molecule has 35 heavy (non-hydrogen) atoms. The highest BCUT2D eigenvalue weighted by molar-refractivity contribution is 6.04. The monoisotopic (exact) mass is 471 g/mol. The quantitative estimate of drug-likeness (QED) is 0.329. The molecule has 0 unspecified atom stereocenters. The van der Waals surface area contributed by atoms with Gasteiger partial charge < -0.3 is 19.8 Å². The zero-order valence-corrected chi connectivity index (χ0v) is 19.1. The van der Waals surface area contributed by atoms with Gasteiger partial charge in [0.05, 0.1) is 18.4 Å². The van der Waals surface area contributed by atoms with E-state index in [9.17, 15) is 14.4 Å². The highest BCUT2D eigenvalue weighted by atomic mass is 16.5. The fraction of sp³-hybridized carbons (Fsp3) is 0.148. The van der Waals surface area contributed by atoms with Crippen LogP contribution in [0.3, 0.4) is 0 Å². The SMILES string of the molecule is COC(=O)[C@@H](Cc1c[nH]c2ccccc12)NC(=O)c1ccccc1NC(=O)OCc1ccccc1. The van der Waals surface area contributed by atoms with Gasteiger partial charge in [0.1, 0.15) is 12.6 Å². The number of para-hydroxylation sites is 2. The van der Waals surface area contributed by atoms with Crippen LogP contribution < -0.4 is 10.6 Å². The van der Waals surface area contributed by atoms with Gasteiger partial charge >= 0.3 is 12.1 Å². The number of carbonyl (C=O) groups is 3. The van der Waals surface area contributed by atoms with Crippen LogP contribution in [0.5, 0.6) is 0 Å². The fourth-order valence-corrected chi connectivity index (χ4v) is 3.75. The lowest BCUT2D eigenvalue weighted by molar-refractivity contribution is -0.142. The van der Waals surface area contributed by atoms with E-state index >= 15 is 0 Å². The van der Waals surface area contributed by atoms with Crippen molar-refractivity contribution < 1.29 is 23.9 Å². The number of nitrogens with one attached hydrogen (secondary N) is 3. The van der Waals surface area contributed by atoms with E-state index in [1.165, 1.54) is 7.11 Å². The van der Waals surface area contributed by atoms with Gasteiger partial charge in [0.2, 0.25) is 0 Å². The lowest BCUT2D eigenvalue weighted by Gasteiger charge is -2.18. The van der Waals surface area contributed by atoms with Crippen molar-refractivity contribution in [3.05, 3.63) is 102 Å². The van der Waals surface area contributed by atoms with Crippen molar-refractivity contribution in [2.24, 2.45) is 0 Å². The Morgan fingerprint density at radius 3 is 2.43 bits per heavy atom. The van der Waals surface area contributed by atoms with Gasteiger partial charge in [0, 0.05) is 23.5 Å². The molecule has 0 aliphatic rings. The standard InChI is InChI=1S/C27H25N3O5/c1-34-26(32)24(15-19-16-28-22-13-7-5-11-20(19)22)29-25(31)21-12-6-8-14-23(21)30-27(33)35-17-18-9-3-2-4-10-18/h2-14,16,24,28H,15,17H2,1H3,(H,29,31)(H,30,33)/t24-/m1/s1. The van der Waals surface area contributed by atoms with Gasteiger partial charge in [-0.1, -0.05) is 60.7 Å². The minimum absolute atomic E-state index is 0.0933. The molecule has 0 fully saturated rings. The van der Waals surface area contributed by atoms with Crippen LogP contribution in [0.1, 0.15) is 21.5 Å². The number of benzene rings is 3. The lowest BCUT2D eigenvalue weighted by Crippen LogP contribution is -2.43. The molecule has 0 aliphatic heterocycles. The van der Waals surface area contributed by atoms with Crippen LogP contribution in [0.15, 0.2) is 85.1 Å². The van der Waals surface area contributed by atoms with Crippen molar-refractivity contribution in [3.8, 4) is 0 Å². The molecule has 1 heterocycles. The largest absolute Gasteiger partial charge is 0.467 e. The molecule has 1 aromatic heterocycles. The van der Waals surface area contributed by atoms with E-state index in [0.29, 0.717) is 0 Å². The van der Waals surface area contributed by atoms with Crippen LogP contribution >= 0.6 is 0 Å². The summed E-state index contributed by atoms with van der Waals surface area (Å²) in [6.45, 7) is 0.0933. The number of H-pyrrole nitrogens is 1. The Kier molecular flexibility index (Phi) is 7.42. The summed E-state index contributed by atoms with van der Waals surface area (Å²) in [4.78, 5) is 41.1. The highest BCUT2D eigenvalue weighted by Gasteiger charge is 2.25. The molecule has 0 spiro atoms. The van der Waals surface area contributed by atoms with E-state index in [1.807, 2.05) is 60.8 Å². The molecule has 0 saturated heterocycles. The number of anilines is 1. The zero-order chi connectivity index (χ0) is 24.6. The Hall–Kier alpha value is -4.59. The van der Waals surface area contributed by atoms with Gasteiger partial charge in [0.15, 0.2) is 0 Å². The summed E-state index contributed by atoms with van der Waals surface area (Å²) in [6, 6.07) is 22.5. The number of hydrogen-bond acceptors (Lipinski definition) is 5. The first-order valence-electron chi connectivity index (χ1n) is 11.1. The van der Waals surface area contributed by atoms with Gasteiger partial charge in [-0.3, -0.25) is 10.1 Å². The van der Waals surface area contributed by atoms with E-state index in [0.717, 1.165) is 22.0 Å². The molecule has 2 amide bonds. The number of fused-ring (bicyclic) bond motifs is 1. The van der Waals surface area contributed by atoms with E-state index in [1.54, 1.807) is 24.3 Å². The van der Waals surface area contributed by atoms with Crippen molar-refractivity contribution in [3.63, 3.8) is 0 Å². The topological polar surface area (TPSA) is 110 Å². The molecule has 1 atom stereocenters. The van der Waals surface area contributed by atoms with Crippen LogP contribution in [0.4, 0.5) is 10.5 Å². The minimum Gasteiger partial charge on any atom is -0.467 e. The summed E-state index contributed by atoms with van der Waals surface area (Å²) in [5.74, 6) is -1.10. The van der Waals surface area contributed by atoms with E-state index < -0.39 is 24.0 Å². The average molecular weight is 472 g/mol. The Bertz CT molecular complexity index is 1330. The van der Waals surface area contributed by atoms with E-state index in [-0.39, 0.29) is 24.3 Å². The normalized spacial score (nSPS) is 11.5. The van der Waals surface area contributed by atoms with Gasteiger partial charge in [-0.2, -0.15) is 0 Å². The van der Waals surface area contributed by atoms with Crippen molar-refractivity contribution >= 4 is 34.6 Å². The van der Waals surface area contributed by atoms with Crippen molar-refractivity contribution in [2.45, 2.75) is 19.1 Å². The Morgan fingerprint density at radius 2 is 1.63 bits per heavy atom. The third-order valence-corrected chi connectivity index (χ3v) is 5.51. The molecule has 4 rings (SSSR count). The number of methoxy groups -OCH3 is 1. The number of rotatable bonds is 8. The van der Waals surface area contributed by atoms with E-state index in [4.69, 9.17) is 9.47 Å². The van der Waals surface area contributed by atoms with Crippen molar-refractivity contribution in [1.82, 2.24) is 10.3 Å². The first kappa shape index (κ1) is 23.6. The number of esters is 1. The number of ether oxygens (including phenoxy) is 2. The predicted octanol–water partition coefficient (Wildman–Crippen LogP) is 4.43. The van der Waals surface area contributed by atoms with Crippen molar-refractivity contribution in [1.29, 1.82) is 0 Å². The number of carbonyl (C=O) groups excluding carboxylic acids is 3. The zero-order valence-electron chi connectivity index (χ0n) is 19.1. The molecule has 178 valence electrons. The van der Waals surface area contributed by atoms with Gasteiger partial charge in [-0.25, -0.2) is 9.59 Å². The third kappa shape index (κ3) is 5.86. The lowest BCUT2D eigenvalue weighted by atomic mass is 10.0. The molecule has 0 saturated carbocycles. The van der Waals surface area contributed by atoms with Crippen molar-refractivity contribution in [2.75, 3.05) is 12.4 Å². The highest BCUT2D eigenvalue weighted by Crippen LogP contribution is 2.20. The second-order valence-electron chi connectivity index (χ2n) is 7.85. The Balaban J connectivity index is 1.46. The van der Waals surface area contributed by atoms with Crippen LogP contribution in [0.25, 0.3) is 10.9 Å². The summed E-state index contributed by atoms with van der Waals surface area (Å²) in [6.07, 6.45) is 1.35. The molecule has 0 bridgehead atoms. The summed E-state index contributed by atoms with van der Waals surface area (Å²) in [5.41, 5.74) is 3.09. The number of aromatic nitrogens is 1. The summed E-state index contributed by atoms with van der Waals surface area (Å²) >= 11 is 0. The second-order valence-corrected chi connectivity index (χ2v) is 7.85. The average Bonchev–Trinajstić information content (AvgIpc) is 3.30. The number of aromatic amines is 1. The first-order chi connectivity index (χ1) is 17.0. The van der Waals surface area contributed by atoms with Crippen LogP contribution in [0, 0.1) is 0 Å². The molecule has 3 aromatic carbocycles. The fourth-order valence-electron chi connectivity index (χ4n) is 3.75. The minimum atomic E-state index is -0.926.